The first kappa shape index (κ1) is 16.5. The average molecular weight is 328 g/mol. The van der Waals surface area contributed by atoms with Crippen LogP contribution in [0.4, 0.5) is 5.69 Å². The van der Waals surface area contributed by atoms with Crippen molar-refractivity contribution in [2.45, 2.75) is 19.1 Å². The van der Waals surface area contributed by atoms with Crippen molar-refractivity contribution in [3.05, 3.63) is 47.5 Å². The number of nitrogens with two attached hydrogens (primary N) is 1. The highest BCUT2D eigenvalue weighted by atomic mass is 16.5. The van der Waals surface area contributed by atoms with Gasteiger partial charge in [0.1, 0.15) is 23.8 Å². The van der Waals surface area contributed by atoms with E-state index in [1.54, 1.807) is 7.11 Å². The summed E-state index contributed by atoms with van der Waals surface area (Å²) in [5, 5.41) is 0. The van der Waals surface area contributed by atoms with Gasteiger partial charge in [0.15, 0.2) is 5.75 Å². The SMILES string of the molecule is COc1ccc(COc2ccc3c(c2N(C)C)OCCC3N)cc1. The van der Waals surface area contributed by atoms with Crippen LogP contribution < -0.4 is 24.8 Å². The fourth-order valence-corrected chi connectivity index (χ4v) is 2.88. The summed E-state index contributed by atoms with van der Waals surface area (Å²) in [6.07, 6.45) is 0.839. The predicted octanol–water partition coefficient (Wildman–Crippen LogP) is 3.12. The van der Waals surface area contributed by atoms with E-state index in [-0.39, 0.29) is 6.04 Å². The normalized spacial score (nSPS) is 16.1. The third-order valence-corrected chi connectivity index (χ3v) is 4.20. The Balaban J connectivity index is 1.84. The molecule has 0 bridgehead atoms. The first-order chi connectivity index (χ1) is 11.6. The molecule has 0 spiro atoms. The van der Waals surface area contributed by atoms with E-state index in [2.05, 4.69) is 0 Å². The molecule has 5 heteroatoms. The zero-order chi connectivity index (χ0) is 17.1. The highest BCUT2D eigenvalue weighted by Crippen LogP contribution is 2.44. The Morgan fingerprint density at radius 2 is 1.92 bits per heavy atom. The number of hydrogen-bond donors (Lipinski definition) is 1. The van der Waals surface area contributed by atoms with Crippen LogP contribution in [0, 0.1) is 0 Å². The molecule has 1 aliphatic rings. The van der Waals surface area contributed by atoms with Crippen LogP contribution in [-0.4, -0.2) is 27.8 Å². The minimum Gasteiger partial charge on any atom is -0.497 e. The molecule has 0 aromatic heterocycles. The third-order valence-electron chi connectivity index (χ3n) is 4.20. The fourth-order valence-electron chi connectivity index (χ4n) is 2.88. The Hall–Kier alpha value is -2.40. The van der Waals surface area contributed by atoms with Crippen molar-refractivity contribution in [2.24, 2.45) is 5.73 Å². The predicted molar refractivity (Wildman–Crippen MR) is 95.1 cm³/mol. The highest BCUT2D eigenvalue weighted by molar-refractivity contribution is 5.70. The minimum absolute atomic E-state index is 0.0167. The van der Waals surface area contributed by atoms with Gasteiger partial charge in [-0.05, 0) is 29.8 Å². The molecule has 1 unspecified atom stereocenters. The highest BCUT2D eigenvalue weighted by Gasteiger charge is 2.25. The van der Waals surface area contributed by atoms with Gasteiger partial charge in [-0.25, -0.2) is 0 Å². The van der Waals surface area contributed by atoms with Gasteiger partial charge in [-0.15, -0.1) is 0 Å². The lowest BCUT2D eigenvalue weighted by molar-refractivity contribution is 0.264. The quantitative estimate of drug-likeness (QED) is 0.914. The lowest BCUT2D eigenvalue weighted by Gasteiger charge is -2.29. The maximum Gasteiger partial charge on any atom is 0.151 e. The standard InChI is InChI=1S/C19H24N2O3/c1-21(2)18-17(9-8-15-16(20)10-11-23-19(15)18)24-12-13-4-6-14(22-3)7-5-13/h4-9,16H,10-12,20H2,1-3H3. The zero-order valence-electron chi connectivity index (χ0n) is 14.4. The van der Waals surface area contributed by atoms with Gasteiger partial charge in [0.2, 0.25) is 0 Å². The summed E-state index contributed by atoms with van der Waals surface area (Å²) in [6.45, 7) is 1.12. The maximum atomic E-state index is 6.21. The first-order valence-electron chi connectivity index (χ1n) is 8.08. The van der Waals surface area contributed by atoms with Crippen LogP contribution in [-0.2, 0) is 6.61 Å². The summed E-state index contributed by atoms with van der Waals surface area (Å²) in [5.74, 6) is 2.47. The summed E-state index contributed by atoms with van der Waals surface area (Å²) < 4.78 is 17.1. The lowest BCUT2D eigenvalue weighted by atomic mass is 9.99. The molecule has 128 valence electrons. The van der Waals surface area contributed by atoms with Crippen LogP contribution >= 0.6 is 0 Å². The van der Waals surface area contributed by atoms with E-state index in [0.29, 0.717) is 13.2 Å². The van der Waals surface area contributed by atoms with Gasteiger partial charge in [-0.2, -0.15) is 0 Å². The average Bonchev–Trinajstić information content (AvgIpc) is 2.60. The monoisotopic (exact) mass is 328 g/mol. The molecule has 5 nitrogen and oxygen atoms in total. The van der Waals surface area contributed by atoms with Crippen molar-refractivity contribution in [3.8, 4) is 17.2 Å². The molecule has 2 aromatic rings. The Kier molecular flexibility index (Phi) is 4.81. The molecule has 0 saturated carbocycles. The van der Waals surface area contributed by atoms with Crippen molar-refractivity contribution < 1.29 is 14.2 Å². The molecule has 2 aromatic carbocycles. The number of benzene rings is 2. The number of rotatable bonds is 5. The summed E-state index contributed by atoms with van der Waals surface area (Å²) in [7, 11) is 5.63. The number of fused-ring (bicyclic) bond motifs is 1. The van der Waals surface area contributed by atoms with E-state index in [1.807, 2.05) is 55.4 Å². The minimum atomic E-state index is 0.0167. The fraction of sp³-hybridized carbons (Fsp3) is 0.368. The van der Waals surface area contributed by atoms with Gasteiger partial charge in [0, 0.05) is 32.1 Å². The molecule has 3 rings (SSSR count). The second-order valence-electron chi connectivity index (χ2n) is 6.11. The van der Waals surface area contributed by atoms with E-state index in [4.69, 9.17) is 19.9 Å². The van der Waals surface area contributed by atoms with E-state index >= 15 is 0 Å². The van der Waals surface area contributed by atoms with Crippen LogP contribution in [0.25, 0.3) is 0 Å². The molecule has 24 heavy (non-hydrogen) atoms. The van der Waals surface area contributed by atoms with Crippen LogP contribution in [0.5, 0.6) is 17.2 Å². The van der Waals surface area contributed by atoms with Crippen LogP contribution in [0.15, 0.2) is 36.4 Å². The molecule has 1 heterocycles. The Morgan fingerprint density at radius 3 is 2.58 bits per heavy atom. The van der Waals surface area contributed by atoms with Gasteiger partial charge in [-0.3, -0.25) is 0 Å². The maximum absolute atomic E-state index is 6.21. The largest absolute Gasteiger partial charge is 0.497 e. The Bertz CT molecular complexity index is 699. The molecule has 1 aliphatic heterocycles. The van der Waals surface area contributed by atoms with E-state index in [1.165, 1.54) is 0 Å². The smallest absolute Gasteiger partial charge is 0.151 e. The molecule has 0 aliphatic carbocycles. The summed E-state index contributed by atoms with van der Waals surface area (Å²) in [5.41, 5.74) is 9.27. The van der Waals surface area contributed by atoms with Crippen molar-refractivity contribution in [2.75, 3.05) is 32.7 Å². The van der Waals surface area contributed by atoms with Gasteiger partial charge >= 0.3 is 0 Å². The van der Waals surface area contributed by atoms with E-state index < -0.39 is 0 Å². The van der Waals surface area contributed by atoms with Crippen molar-refractivity contribution in [3.63, 3.8) is 0 Å². The number of hydrogen-bond acceptors (Lipinski definition) is 5. The number of nitrogens with zero attached hydrogens (tertiary/aromatic N) is 1. The first-order valence-corrected chi connectivity index (χ1v) is 8.08. The molecule has 0 fully saturated rings. The molecule has 2 N–H and O–H groups in total. The molecule has 0 amide bonds. The Labute approximate surface area is 142 Å². The van der Waals surface area contributed by atoms with Crippen LogP contribution in [0.3, 0.4) is 0 Å². The Morgan fingerprint density at radius 1 is 1.17 bits per heavy atom. The van der Waals surface area contributed by atoms with Crippen LogP contribution in [0.2, 0.25) is 0 Å². The molecular formula is C19H24N2O3. The number of methoxy groups -OCH3 is 1. The van der Waals surface area contributed by atoms with Crippen LogP contribution in [0.1, 0.15) is 23.6 Å². The van der Waals surface area contributed by atoms with Gasteiger partial charge < -0.3 is 24.8 Å². The third kappa shape index (κ3) is 3.26. The molecule has 0 radical (unpaired) electrons. The molecule has 0 saturated heterocycles. The summed E-state index contributed by atoms with van der Waals surface area (Å²) in [6, 6.07) is 11.9. The van der Waals surface area contributed by atoms with E-state index in [9.17, 15) is 0 Å². The molecular weight excluding hydrogens is 304 g/mol. The number of anilines is 1. The second kappa shape index (κ2) is 7.01. The summed E-state index contributed by atoms with van der Waals surface area (Å²) in [4.78, 5) is 2.01. The van der Waals surface area contributed by atoms with Crippen molar-refractivity contribution in [1.29, 1.82) is 0 Å². The van der Waals surface area contributed by atoms with Gasteiger partial charge in [0.05, 0.1) is 13.7 Å². The van der Waals surface area contributed by atoms with Gasteiger partial charge in [0.25, 0.3) is 0 Å². The van der Waals surface area contributed by atoms with Gasteiger partial charge in [-0.1, -0.05) is 12.1 Å². The van der Waals surface area contributed by atoms with E-state index in [0.717, 1.165) is 40.5 Å². The molecule has 1 atom stereocenters. The van der Waals surface area contributed by atoms with Crippen molar-refractivity contribution >= 4 is 5.69 Å². The summed E-state index contributed by atoms with van der Waals surface area (Å²) >= 11 is 0. The lowest BCUT2D eigenvalue weighted by Crippen LogP contribution is -2.23. The zero-order valence-corrected chi connectivity index (χ0v) is 14.4. The topological polar surface area (TPSA) is 57.0 Å². The second-order valence-corrected chi connectivity index (χ2v) is 6.11. The number of ether oxygens (including phenoxy) is 3. The van der Waals surface area contributed by atoms with Crippen molar-refractivity contribution in [1.82, 2.24) is 0 Å².